The van der Waals surface area contributed by atoms with Crippen LogP contribution in [0.1, 0.15) is 23.2 Å². The molecule has 1 aliphatic heterocycles. The number of hydrogen-bond donors (Lipinski definition) is 1. The van der Waals surface area contributed by atoms with Gasteiger partial charge in [0.2, 0.25) is 0 Å². The van der Waals surface area contributed by atoms with Crippen LogP contribution in [-0.4, -0.2) is 29.0 Å². The van der Waals surface area contributed by atoms with Crippen molar-refractivity contribution in [3.63, 3.8) is 0 Å². The number of hydrogen-bond acceptors (Lipinski definition) is 5. The highest BCUT2D eigenvalue weighted by molar-refractivity contribution is 6.07. The summed E-state index contributed by atoms with van der Waals surface area (Å²) < 4.78 is 5.80. The molecule has 4 rings (SSSR count). The van der Waals surface area contributed by atoms with Crippen LogP contribution >= 0.6 is 0 Å². The Labute approximate surface area is 157 Å². The second-order valence-electron chi connectivity index (χ2n) is 6.34. The first kappa shape index (κ1) is 17.0. The summed E-state index contributed by atoms with van der Waals surface area (Å²) in [6.45, 7) is 1.87. The number of pyridine rings is 2. The molecule has 1 aliphatic rings. The number of benzene rings is 1. The Morgan fingerprint density at radius 2 is 1.78 bits per heavy atom. The van der Waals surface area contributed by atoms with Crippen molar-refractivity contribution < 1.29 is 9.53 Å². The van der Waals surface area contributed by atoms with E-state index < -0.39 is 0 Å². The fraction of sp³-hybridized carbons (Fsp3) is 0.190. The van der Waals surface area contributed by atoms with Crippen molar-refractivity contribution in [2.45, 2.75) is 12.8 Å². The lowest BCUT2D eigenvalue weighted by atomic mass is 10.2. The third-order valence-electron chi connectivity index (χ3n) is 4.41. The topological polar surface area (TPSA) is 67.3 Å². The quantitative estimate of drug-likeness (QED) is 0.741. The second-order valence-corrected chi connectivity index (χ2v) is 6.34. The number of carbonyl (C=O) groups excluding carboxylic acids is 1. The Morgan fingerprint density at radius 3 is 2.59 bits per heavy atom. The molecule has 0 radical (unpaired) electrons. The lowest BCUT2D eigenvalue weighted by Crippen LogP contribution is -2.24. The minimum Gasteiger partial charge on any atom is -0.457 e. The fourth-order valence-corrected chi connectivity index (χ4v) is 3.13. The number of aromatic nitrogens is 2. The molecule has 27 heavy (non-hydrogen) atoms. The fourth-order valence-electron chi connectivity index (χ4n) is 3.13. The second kappa shape index (κ2) is 7.86. The zero-order valence-corrected chi connectivity index (χ0v) is 14.8. The number of carbonyl (C=O) groups is 1. The van der Waals surface area contributed by atoms with Crippen molar-refractivity contribution in [3.05, 3.63) is 72.7 Å². The summed E-state index contributed by atoms with van der Waals surface area (Å²) in [5.41, 5.74) is 1.25. The van der Waals surface area contributed by atoms with Gasteiger partial charge in [0.1, 0.15) is 17.3 Å². The normalized spacial score (nSPS) is 13.4. The summed E-state index contributed by atoms with van der Waals surface area (Å²) in [5, 5.41) is 2.95. The van der Waals surface area contributed by atoms with Crippen LogP contribution in [0.15, 0.2) is 67.1 Å². The number of anilines is 2. The maximum atomic E-state index is 12.8. The maximum absolute atomic E-state index is 12.8. The van der Waals surface area contributed by atoms with Crippen LogP contribution in [-0.2, 0) is 0 Å². The van der Waals surface area contributed by atoms with E-state index in [0.29, 0.717) is 22.7 Å². The molecule has 0 spiro atoms. The van der Waals surface area contributed by atoms with Gasteiger partial charge in [-0.3, -0.25) is 9.78 Å². The lowest BCUT2D eigenvalue weighted by molar-refractivity contribution is 0.102. The summed E-state index contributed by atoms with van der Waals surface area (Å²) in [5.74, 6) is 1.91. The van der Waals surface area contributed by atoms with E-state index in [0.717, 1.165) is 31.7 Å². The van der Waals surface area contributed by atoms with Crippen LogP contribution in [0.4, 0.5) is 11.5 Å². The van der Waals surface area contributed by atoms with Gasteiger partial charge in [-0.15, -0.1) is 0 Å². The van der Waals surface area contributed by atoms with Crippen molar-refractivity contribution in [1.82, 2.24) is 9.97 Å². The van der Waals surface area contributed by atoms with Crippen molar-refractivity contribution in [2.24, 2.45) is 0 Å². The van der Waals surface area contributed by atoms with Crippen molar-refractivity contribution >= 4 is 17.4 Å². The predicted octanol–water partition coefficient (Wildman–Crippen LogP) is 4.12. The largest absolute Gasteiger partial charge is 0.457 e. The Kier molecular flexibility index (Phi) is 4.96. The van der Waals surface area contributed by atoms with Crippen LogP contribution in [0.25, 0.3) is 0 Å². The number of nitrogens with one attached hydrogen (secondary N) is 1. The summed E-state index contributed by atoms with van der Waals surface area (Å²) in [4.78, 5) is 23.4. The number of ether oxygens (including phenoxy) is 1. The third kappa shape index (κ3) is 4.06. The standard InChI is InChI=1S/C21H20N4O2/c26-21(19-7-4-10-23-20(19)25-13-1-2-14-25)24-16-5-3-6-18(15-16)27-17-8-11-22-12-9-17/h3-12,15H,1-2,13-14H2,(H,24,26). The summed E-state index contributed by atoms with van der Waals surface area (Å²) in [7, 11) is 0. The van der Waals surface area contributed by atoms with Gasteiger partial charge in [0.25, 0.3) is 5.91 Å². The van der Waals surface area contributed by atoms with E-state index >= 15 is 0 Å². The van der Waals surface area contributed by atoms with Gasteiger partial charge in [-0.1, -0.05) is 6.07 Å². The molecule has 0 saturated carbocycles. The summed E-state index contributed by atoms with van der Waals surface area (Å²) in [6, 6.07) is 14.5. The van der Waals surface area contributed by atoms with E-state index in [9.17, 15) is 4.79 Å². The average molecular weight is 360 g/mol. The van der Waals surface area contributed by atoms with E-state index in [1.54, 1.807) is 42.9 Å². The van der Waals surface area contributed by atoms with Gasteiger partial charge < -0.3 is 15.0 Å². The molecule has 6 heteroatoms. The Hall–Kier alpha value is -3.41. The maximum Gasteiger partial charge on any atom is 0.259 e. The van der Waals surface area contributed by atoms with E-state index in [4.69, 9.17) is 4.74 Å². The molecule has 6 nitrogen and oxygen atoms in total. The molecule has 1 aromatic carbocycles. The van der Waals surface area contributed by atoms with Gasteiger partial charge in [-0.05, 0) is 49.2 Å². The Morgan fingerprint density at radius 1 is 0.963 bits per heavy atom. The average Bonchev–Trinajstić information content (AvgIpc) is 3.24. The SMILES string of the molecule is O=C(Nc1cccc(Oc2ccncc2)c1)c1cccnc1N1CCCC1. The van der Waals surface area contributed by atoms with Crippen LogP contribution in [0.5, 0.6) is 11.5 Å². The monoisotopic (exact) mass is 360 g/mol. The number of nitrogens with zero attached hydrogens (tertiary/aromatic N) is 3. The molecular weight excluding hydrogens is 340 g/mol. The van der Waals surface area contributed by atoms with Gasteiger partial charge >= 0.3 is 0 Å². The molecule has 1 fully saturated rings. The highest BCUT2D eigenvalue weighted by Gasteiger charge is 2.20. The van der Waals surface area contributed by atoms with Gasteiger partial charge in [-0.2, -0.15) is 0 Å². The molecule has 2 aromatic heterocycles. The first-order valence-corrected chi connectivity index (χ1v) is 8.99. The Balaban J connectivity index is 1.51. The molecule has 0 bridgehead atoms. The predicted molar refractivity (Wildman–Crippen MR) is 104 cm³/mol. The van der Waals surface area contributed by atoms with E-state index in [1.807, 2.05) is 24.3 Å². The smallest absolute Gasteiger partial charge is 0.259 e. The minimum atomic E-state index is -0.175. The Bertz CT molecular complexity index is 924. The summed E-state index contributed by atoms with van der Waals surface area (Å²) >= 11 is 0. The van der Waals surface area contributed by atoms with Gasteiger partial charge in [0.15, 0.2) is 0 Å². The molecule has 3 aromatic rings. The van der Waals surface area contributed by atoms with E-state index in [-0.39, 0.29) is 5.91 Å². The van der Waals surface area contributed by atoms with E-state index in [2.05, 4.69) is 20.2 Å². The van der Waals surface area contributed by atoms with Crippen LogP contribution < -0.4 is 15.0 Å². The lowest BCUT2D eigenvalue weighted by Gasteiger charge is -2.19. The molecule has 0 aliphatic carbocycles. The van der Waals surface area contributed by atoms with Crippen molar-refractivity contribution in [2.75, 3.05) is 23.3 Å². The first-order valence-electron chi connectivity index (χ1n) is 8.99. The molecule has 3 heterocycles. The van der Waals surface area contributed by atoms with Crippen LogP contribution in [0.2, 0.25) is 0 Å². The molecule has 1 N–H and O–H groups in total. The zero-order chi connectivity index (χ0) is 18.5. The first-order chi connectivity index (χ1) is 13.3. The third-order valence-corrected chi connectivity index (χ3v) is 4.41. The molecule has 136 valence electrons. The van der Waals surface area contributed by atoms with Crippen LogP contribution in [0, 0.1) is 0 Å². The van der Waals surface area contributed by atoms with Crippen molar-refractivity contribution in [1.29, 1.82) is 0 Å². The van der Waals surface area contributed by atoms with Gasteiger partial charge in [-0.25, -0.2) is 4.98 Å². The van der Waals surface area contributed by atoms with Crippen molar-refractivity contribution in [3.8, 4) is 11.5 Å². The molecule has 0 unspecified atom stereocenters. The molecular formula is C21H20N4O2. The number of amides is 1. The zero-order valence-electron chi connectivity index (χ0n) is 14.8. The highest BCUT2D eigenvalue weighted by atomic mass is 16.5. The van der Waals surface area contributed by atoms with Crippen LogP contribution in [0.3, 0.4) is 0 Å². The van der Waals surface area contributed by atoms with Gasteiger partial charge in [0.05, 0.1) is 5.56 Å². The molecule has 1 amide bonds. The van der Waals surface area contributed by atoms with E-state index in [1.165, 1.54) is 0 Å². The minimum absolute atomic E-state index is 0.175. The highest BCUT2D eigenvalue weighted by Crippen LogP contribution is 2.26. The molecule has 1 saturated heterocycles. The van der Waals surface area contributed by atoms with Gasteiger partial charge in [0, 0.05) is 43.4 Å². The number of rotatable bonds is 5. The molecule has 0 atom stereocenters. The summed E-state index contributed by atoms with van der Waals surface area (Å²) in [6.07, 6.45) is 7.33.